The van der Waals surface area contributed by atoms with Gasteiger partial charge in [-0.3, -0.25) is 0 Å². The first kappa shape index (κ1) is 22.0. The molecule has 0 atom stereocenters. The molecule has 3 heterocycles. The highest BCUT2D eigenvalue weighted by molar-refractivity contribution is 5.81. The van der Waals surface area contributed by atoms with Gasteiger partial charge in [0.1, 0.15) is 0 Å². The van der Waals surface area contributed by atoms with E-state index in [4.69, 9.17) is 23.9 Å². The molecule has 2 aromatic rings. The van der Waals surface area contributed by atoms with E-state index in [1.54, 1.807) is 13.3 Å². The van der Waals surface area contributed by atoms with E-state index in [0.717, 1.165) is 31.7 Å². The first-order chi connectivity index (χ1) is 15.8. The molecule has 0 aliphatic carbocycles. The van der Waals surface area contributed by atoms with Crippen molar-refractivity contribution in [3.8, 4) is 11.5 Å². The molecule has 2 aliphatic heterocycles. The summed E-state index contributed by atoms with van der Waals surface area (Å²) in [4.78, 5) is 18.0. The molecule has 0 spiro atoms. The van der Waals surface area contributed by atoms with Crippen molar-refractivity contribution in [1.29, 1.82) is 0 Å². The lowest BCUT2D eigenvalue weighted by molar-refractivity contribution is 0.121. The number of hydrogen-bond acceptors (Lipinski definition) is 11. The third-order valence-corrected chi connectivity index (χ3v) is 5.07. The second-order valence-corrected chi connectivity index (χ2v) is 7.17. The summed E-state index contributed by atoms with van der Waals surface area (Å²) in [5.74, 6) is 2.97. The quantitative estimate of drug-likeness (QED) is 0.475. The van der Waals surface area contributed by atoms with Crippen LogP contribution in [-0.2, 0) is 9.47 Å². The van der Waals surface area contributed by atoms with E-state index in [1.165, 1.54) is 0 Å². The fourth-order valence-corrected chi connectivity index (χ4v) is 3.42. The number of nitrogens with one attached hydrogen (secondary N) is 1. The van der Waals surface area contributed by atoms with Gasteiger partial charge >= 0.3 is 0 Å². The van der Waals surface area contributed by atoms with Crippen LogP contribution in [0, 0.1) is 0 Å². The van der Waals surface area contributed by atoms with Gasteiger partial charge in [-0.1, -0.05) is 0 Å². The summed E-state index contributed by atoms with van der Waals surface area (Å²) >= 11 is 0. The molecule has 2 aliphatic rings. The average molecular weight is 444 g/mol. The highest BCUT2D eigenvalue weighted by Crippen LogP contribution is 2.27. The van der Waals surface area contributed by atoms with Gasteiger partial charge in [0, 0.05) is 26.2 Å². The summed E-state index contributed by atoms with van der Waals surface area (Å²) in [6.45, 7) is 8.06. The van der Waals surface area contributed by atoms with Crippen LogP contribution in [0.2, 0.25) is 0 Å². The summed E-state index contributed by atoms with van der Waals surface area (Å²) in [5, 5.41) is 4.32. The Morgan fingerprint density at radius 2 is 1.59 bits per heavy atom. The standard InChI is InChI=1S/C21H29N7O4/c1-3-32-17-5-4-16(14-18(17)29-2)15-22-26-19-23-20(27-6-10-30-11-7-27)25-21(24-19)28-8-12-31-13-9-28/h4-5,14-15H,3,6-13H2,1-2H3,(H,23,24,25,26)/b22-15+. The molecule has 172 valence electrons. The molecule has 0 radical (unpaired) electrons. The summed E-state index contributed by atoms with van der Waals surface area (Å²) in [7, 11) is 1.61. The van der Waals surface area contributed by atoms with Gasteiger partial charge in [-0.25, -0.2) is 5.43 Å². The Bertz CT molecular complexity index is 879. The molecule has 0 amide bonds. The van der Waals surface area contributed by atoms with E-state index in [0.29, 0.717) is 62.4 Å². The van der Waals surface area contributed by atoms with E-state index in [1.807, 2.05) is 25.1 Å². The van der Waals surface area contributed by atoms with Crippen LogP contribution in [0.4, 0.5) is 17.8 Å². The first-order valence-electron chi connectivity index (χ1n) is 10.8. The highest BCUT2D eigenvalue weighted by Gasteiger charge is 2.20. The second kappa shape index (κ2) is 10.9. The van der Waals surface area contributed by atoms with E-state index in [9.17, 15) is 0 Å². The Morgan fingerprint density at radius 1 is 0.969 bits per heavy atom. The van der Waals surface area contributed by atoms with Gasteiger partial charge in [0.15, 0.2) is 11.5 Å². The topological polar surface area (TPSA) is 106 Å². The SMILES string of the molecule is CCOc1ccc(/C=N/Nc2nc(N3CCOCC3)nc(N3CCOCC3)n2)cc1OC. The molecule has 0 saturated carbocycles. The second-order valence-electron chi connectivity index (χ2n) is 7.17. The van der Waals surface area contributed by atoms with Crippen LogP contribution >= 0.6 is 0 Å². The Labute approximate surface area is 187 Å². The maximum absolute atomic E-state index is 5.56. The molecule has 1 aromatic carbocycles. The number of nitrogens with zero attached hydrogens (tertiary/aromatic N) is 6. The molecule has 1 aromatic heterocycles. The van der Waals surface area contributed by atoms with Gasteiger partial charge in [-0.05, 0) is 30.7 Å². The largest absolute Gasteiger partial charge is 0.493 e. The Morgan fingerprint density at radius 3 is 2.16 bits per heavy atom. The smallest absolute Gasteiger partial charge is 0.250 e. The van der Waals surface area contributed by atoms with Gasteiger partial charge in [0.2, 0.25) is 17.8 Å². The minimum atomic E-state index is 0.386. The predicted octanol–water partition coefficient (Wildman–Crippen LogP) is 1.40. The number of rotatable bonds is 8. The fraction of sp³-hybridized carbons (Fsp3) is 0.524. The lowest BCUT2D eigenvalue weighted by Crippen LogP contribution is -2.40. The molecule has 2 fully saturated rings. The van der Waals surface area contributed by atoms with Crippen molar-refractivity contribution in [2.75, 3.05) is 81.5 Å². The zero-order valence-corrected chi connectivity index (χ0v) is 18.5. The van der Waals surface area contributed by atoms with Crippen LogP contribution in [0.5, 0.6) is 11.5 Å². The fourth-order valence-electron chi connectivity index (χ4n) is 3.42. The van der Waals surface area contributed by atoms with Crippen LogP contribution < -0.4 is 24.7 Å². The monoisotopic (exact) mass is 443 g/mol. The Balaban J connectivity index is 1.52. The zero-order valence-electron chi connectivity index (χ0n) is 18.5. The first-order valence-corrected chi connectivity index (χ1v) is 10.8. The van der Waals surface area contributed by atoms with Crippen LogP contribution in [0.25, 0.3) is 0 Å². The van der Waals surface area contributed by atoms with E-state index >= 15 is 0 Å². The van der Waals surface area contributed by atoms with Crippen LogP contribution in [-0.4, -0.2) is 87.5 Å². The molecule has 32 heavy (non-hydrogen) atoms. The number of anilines is 3. The average Bonchev–Trinajstić information content (AvgIpc) is 2.86. The van der Waals surface area contributed by atoms with Crippen molar-refractivity contribution in [2.24, 2.45) is 5.10 Å². The maximum Gasteiger partial charge on any atom is 0.250 e. The molecular weight excluding hydrogens is 414 g/mol. The van der Waals surface area contributed by atoms with Gasteiger partial charge in [0.25, 0.3) is 0 Å². The number of aromatic nitrogens is 3. The van der Waals surface area contributed by atoms with Crippen molar-refractivity contribution in [1.82, 2.24) is 15.0 Å². The Hall–Kier alpha value is -3.18. The minimum absolute atomic E-state index is 0.386. The van der Waals surface area contributed by atoms with Gasteiger partial charge in [-0.15, -0.1) is 0 Å². The summed E-state index contributed by atoms with van der Waals surface area (Å²) < 4.78 is 21.9. The van der Waals surface area contributed by atoms with Crippen molar-refractivity contribution < 1.29 is 18.9 Å². The van der Waals surface area contributed by atoms with Crippen molar-refractivity contribution in [3.05, 3.63) is 23.8 Å². The molecule has 4 rings (SSSR count). The normalized spacial score (nSPS) is 16.9. The van der Waals surface area contributed by atoms with E-state index in [2.05, 4.69) is 30.3 Å². The molecule has 1 N–H and O–H groups in total. The number of morpholine rings is 2. The number of ether oxygens (including phenoxy) is 4. The molecule has 0 unspecified atom stereocenters. The Kier molecular flexibility index (Phi) is 7.51. The summed E-state index contributed by atoms with van der Waals surface area (Å²) in [5.41, 5.74) is 3.80. The van der Waals surface area contributed by atoms with Gasteiger partial charge < -0.3 is 28.7 Å². The van der Waals surface area contributed by atoms with Crippen molar-refractivity contribution in [3.63, 3.8) is 0 Å². The van der Waals surface area contributed by atoms with Crippen LogP contribution in [0.15, 0.2) is 23.3 Å². The lowest BCUT2D eigenvalue weighted by atomic mass is 10.2. The maximum atomic E-state index is 5.56. The van der Waals surface area contributed by atoms with Gasteiger partial charge in [-0.2, -0.15) is 20.1 Å². The number of benzene rings is 1. The lowest BCUT2D eigenvalue weighted by Gasteiger charge is -2.30. The highest BCUT2D eigenvalue weighted by atomic mass is 16.5. The number of methoxy groups -OCH3 is 1. The third kappa shape index (κ3) is 5.54. The van der Waals surface area contributed by atoms with Crippen molar-refractivity contribution >= 4 is 24.1 Å². The number of hydrazone groups is 1. The minimum Gasteiger partial charge on any atom is -0.493 e. The summed E-state index contributed by atoms with van der Waals surface area (Å²) in [6.07, 6.45) is 1.69. The van der Waals surface area contributed by atoms with Gasteiger partial charge in [0.05, 0.1) is 46.4 Å². The predicted molar refractivity (Wildman–Crippen MR) is 121 cm³/mol. The molecule has 0 bridgehead atoms. The number of hydrogen-bond donors (Lipinski definition) is 1. The molecule has 11 heteroatoms. The molecule has 11 nitrogen and oxygen atoms in total. The molecule has 2 saturated heterocycles. The van der Waals surface area contributed by atoms with Crippen molar-refractivity contribution in [2.45, 2.75) is 6.92 Å². The van der Waals surface area contributed by atoms with Crippen LogP contribution in [0.1, 0.15) is 12.5 Å². The van der Waals surface area contributed by atoms with Crippen LogP contribution in [0.3, 0.4) is 0 Å². The molecular formula is C21H29N7O4. The van der Waals surface area contributed by atoms with E-state index < -0.39 is 0 Å². The third-order valence-electron chi connectivity index (χ3n) is 5.07. The van der Waals surface area contributed by atoms with E-state index in [-0.39, 0.29) is 0 Å². The summed E-state index contributed by atoms with van der Waals surface area (Å²) in [6, 6.07) is 5.63. The zero-order chi connectivity index (χ0) is 22.2.